The summed E-state index contributed by atoms with van der Waals surface area (Å²) in [5.74, 6) is 0.228. The Labute approximate surface area is 107 Å². The molecule has 0 fully saturated rings. The third-order valence-corrected chi connectivity index (χ3v) is 2.62. The molecule has 0 radical (unpaired) electrons. The normalized spacial score (nSPS) is 10.1. The van der Waals surface area contributed by atoms with E-state index in [4.69, 9.17) is 4.74 Å². The summed E-state index contributed by atoms with van der Waals surface area (Å²) < 4.78 is 19.6. The number of nitrogens with zero attached hydrogens (tertiary/aromatic N) is 1. The molecule has 0 saturated heterocycles. The van der Waals surface area contributed by atoms with Crippen molar-refractivity contribution in [1.82, 2.24) is 4.98 Å². The van der Waals surface area contributed by atoms with Gasteiger partial charge in [0.1, 0.15) is 5.75 Å². The van der Waals surface area contributed by atoms with Gasteiger partial charge < -0.3 is 10.1 Å². The second kappa shape index (κ2) is 5.14. The van der Waals surface area contributed by atoms with Crippen LogP contribution < -0.4 is 10.1 Å². The maximum Gasteiger partial charge on any atom is 0.165 e. The lowest BCUT2D eigenvalue weighted by molar-refractivity contribution is 0.440. The number of pyridine rings is 1. The van der Waals surface area contributed by atoms with Gasteiger partial charge in [0.15, 0.2) is 11.6 Å². The van der Waals surface area contributed by atoms with Gasteiger partial charge in [0.2, 0.25) is 0 Å². The van der Waals surface area contributed by atoms with Gasteiger partial charge in [-0.05, 0) is 18.2 Å². The molecule has 0 aliphatic heterocycles. The van der Waals surface area contributed by atoms with E-state index in [9.17, 15) is 4.39 Å². The van der Waals surface area contributed by atoms with Crippen molar-refractivity contribution >= 4 is 21.6 Å². The Kier molecular flexibility index (Phi) is 3.58. The molecule has 0 saturated carbocycles. The number of hydrogen-bond acceptors (Lipinski definition) is 3. The first kappa shape index (κ1) is 11.9. The highest BCUT2D eigenvalue weighted by atomic mass is 79.9. The largest absolute Gasteiger partial charge is 0.453 e. The Bertz CT molecular complexity index is 534. The fourth-order valence-electron chi connectivity index (χ4n) is 1.29. The highest BCUT2D eigenvalue weighted by Crippen LogP contribution is 2.28. The average Bonchev–Trinajstić information content (AvgIpc) is 2.34. The predicted molar refractivity (Wildman–Crippen MR) is 68.0 cm³/mol. The first-order valence-corrected chi connectivity index (χ1v) is 5.74. The Morgan fingerprint density at radius 2 is 2.12 bits per heavy atom. The van der Waals surface area contributed by atoms with E-state index in [-0.39, 0.29) is 5.75 Å². The topological polar surface area (TPSA) is 34.2 Å². The first-order valence-electron chi connectivity index (χ1n) is 4.95. The van der Waals surface area contributed by atoms with E-state index >= 15 is 0 Å². The van der Waals surface area contributed by atoms with Crippen molar-refractivity contribution in [3.8, 4) is 11.5 Å². The Morgan fingerprint density at radius 3 is 2.88 bits per heavy atom. The van der Waals surface area contributed by atoms with E-state index in [2.05, 4.69) is 26.2 Å². The number of benzene rings is 1. The third kappa shape index (κ3) is 2.94. The second-order valence-corrected chi connectivity index (χ2v) is 4.25. The Morgan fingerprint density at radius 1 is 1.29 bits per heavy atom. The number of nitrogens with one attached hydrogen (secondary N) is 1. The molecule has 0 atom stereocenters. The molecule has 5 heteroatoms. The average molecular weight is 297 g/mol. The van der Waals surface area contributed by atoms with E-state index in [1.807, 2.05) is 0 Å². The van der Waals surface area contributed by atoms with Crippen molar-refractivity contribution < 1.29 is 9.13 Å². The number of anilines is 1. The van der Waals surface area contributed by atoms with Crippen LogP contribution in [0.3, 0.4) is 0 Å². The van der Waals surface area contributed by atoms with E-state index in [1.54, 1.807) is 31.4 Å². The van der Waals surface area contributed by atoms with Gasteiger partial charge in [-0.25, -0.2) is 4.39 Å². The fourth-order valence-corrected chi connectivity index (χ4v) is 1.63. The van der Waals surface area contributed by atoms with Gasteiger partial charge in [-0.3, -0.25) is 4.98 Å². The summed E-state index contributed by atoms with van der Waals surface area (Å²) in [5.41, 5.74) is 0.804. The number of rotatable bonds is 3. The van der Waals surface area contributed by atoms with Crippen LogP contribution in [-0.4, -0.2) is 12.0 Å². The quantitative estimate of drug-likeness (QED) is 0.935. The van der Waals surface area contributed by atoms with E-state index in [0.29, 0.717) is 5.75 Å². The predicted octanol–water partition coefficient (Wildman–Crippen LogP) is 3.82. The van der Waals surface area contributed by atoms with Crippen LogP contribution in [0.15, 0.2) is 41.1 Å². The zero-order valence-corrected chi connectivity index (χ0v) is 10.7. The summed E-state index contributed by atoms with van der Waals surface area (Å²) in [4.78, 5) is 3.98. The molecule has 1 N–H and O–H groups in total. The van der Waals surface area contributed by atoms with Gasteiger partial charge in [-0.15, -0.1) is 0 Å². The molecule has 17 heavy (non-hydrogen) atoms. The second-order valence-electron chi connectivity index (χ2n) is 3.34. The minimum Gasteiger partial charge on any atom is -0.453 e. The van der Waals surface area contributed by atoms with Crippen molar-refractivity contribution in [1.29, 1.82) is 0 Å². The Hall–Kier alpha value is -1.62. The van der Waals surface area contributed by atoms with E-state index in [1.165, 1.54) is 12.3 Å². The Balaban J connectivity index is 2.27. The fraction of sp³-hybridized carbons (Fsp3) is 0.0833. The molecule has 0 amide bonds. The zero-order valence-electron chi connectivity index (χ0n) is 9.08. The van der Waals surface area contributed by atoms with Crippen LogP contribution in [0.1, 0.15) is 0 Å². The van der Waals surface area contributed by atoms with Crippen LogP contribution in [-0.2, 0) is 0 Å². The van der Waals surface area contributed by atoms with Crippen molar-refractivity contribution in [3.63, 3.8) is 0 Å². The van der Waals surface area contributed by atoms with E-state index < -0.39 is 5.82 Å². The van der Waals surface area contributed by atoms with Gasteiger partial charge in [0.25, 0.3) is 0 Å². The summed E-state index contributed by atoms with van der Waals surface area (Å²) in [7, 11) is 1.78. The molecular weight excluding hydrogens is 287 g/mol. The first-order chi connectivity index (χ1) is 8.19. The molecule has 0 unspecified atom stereocenters. The molecule has 0 aliphatic carbocycles. The van der Waals surface area contributed by atoms with E-state index in [0.717, 1.165) is 10.2 Å². The molecule has 1 heterocycles. The lowest BCUT2D eigenvalue weighted by Crippen LogP contribution is -1.92. The van der Waals surface area contributed by atoms with Crippen LogP contribution in [0.5, 0.6) is 11.5 Å². The maximum atomic E-state index is 13.5. The standard InChI is InChI=1S/C12H10BrFN2O/c1-15-9-5-10(7-16-6-9)17-12-4-8(13)2-3-11(12)14/h2-7,15H,1H3. The smallest absolute Gasteiger partial charge is 0.165 e. The molecule has 88 valence electrons. The van der Waals surface area contributed by atoms with Gasteiger partial charge in [0, 0.05) is 17.6 Å². The van der Waals surface area contributed by atoms with Crippen LogP contribution in [0, 0.1) is 5.82 Å². The maximum absolute atomic E-state index is 13.5. The molecule has 2 aromatic rings. The van der Waals surface area contributed by atoms with Crippen molar-refractivity contribution in [2.75, 3.05) is 12.4 Å². The monoisotopic (exact) mass is 296 g/mol. The molecular formula is C12H10BrFN2O. The summed E-state index contributed by atoms with van der Waals surface area (Å²) in [6.07, 6.45) is 3.19. The lowest BCUT2D eigenvalue weighted by atomic mass is 10.3. The SMILES string of the molecule is CNc1cncc(Oc2cc(Br)ccc2F)c1. The van der Waals surface area contributed by atoms with Crippen LogP contribution in [0.2, 0.25) is 0 Å². The zero-order chi connectivity index (χ0) is 12.3. The minimum absolute atomic E-state index is 0.162. The van der Waals surface area contributed by atoms with Gasteiger partial charge in [-0.2, -0.15) is 0 Å². The number of ether oxygens (including phenoxy) is 1. The number of hydrogen-bond donors (Lipinski definition) is 1. The van der Waals surface area contributed by atoms with Crippen LogP contribution in [0.4, 0.5) is 10.1 Å². The number of aromatic nitrogens is 1. The third-order valence-electron chi connectivity index (χ3n) is 2.12. The molecule has 0 spiro atoms. The van der Waals surface area contributed by atoms with Crippen LogP contribution >= 0.6 is 15.9 Å². The molecule has 1 aromatic carbocycles. The summed E-state index contributed by atoms with van der Waals surface area (Å²) in [6.45, 7) is 0. The van der Waals surface area contributed by atoms with Gasteiger partial charge in [0.05, 0.1) is 18.1 Å². The molecule has 0 bridgehead atoms. The van der Waals surface area contributed by atoms with Crippen LogP contribution in [0.25, 0.3) is 0 Å². The van der Waals surface area contributed by atoms with Crippen molar-refractivity contribution in [2.45, 2.75) is 0 Å². The van der Waals surface area contributed by atoms with Gasteiger partial charge >= 0.3 is 0 Å². The minimum atomic E-state index is -0.414. The highest BCUT2D eigenvalue weighted by Gasteiger charge is 2.06. The summed E-state index contributed by atoms with van der Waals surface area (Å²) in [6, 6.07) is 6.27. The molecule has 3 nitrogen and oxygen atoms in total. The summed E-state index contributed by atoms with van der Waals surface area (Å²) in [5, 5.41) is 2.93. The van der Waals surface area contributed by atoms with Crippen molar-refractivity contribution in [3.05, 3.63) is 46.9 Å². The van der Waals surface area contributed by atoms with Crippen molar-refractivity contribution in [2.24, 2.45) is 0 Å². The molecule has 2 rings (SSSR count). The summed E-state index contributed by atoms with van der Waals surface area (Å²) >= 11 is 3.26. The lowest BCUT2D eigenvalue weighted by Gasteiger charge is -2.08. The highest BCUT2D eigenvalue weighted by molar-refractivity contribution is 9.10. The molecule has 1 aromatic heterocycles. The number of halogens is 2. The van der Waals surface area contributed by atoms with Gasteiger partial charge in [-0.1, -0.05) is 15.9 Å². The molecule has 0 aliphatic rings.